The molecule has 8 rings (SSSR count). The molecule has 0 radical (unpaired) electrons. The van der Waals surface area contributed by atoms with Crippen LogP contribution < -0.4 is 0 Å². The standard InChI is InChI=1S/C45H59Br/c1-13-15-16-40(3,4)31-22-28-32(21-27(31)14-2)45(46)33-25-37-35(41(5,6)17-19-43(37,9)10)23-29(33)39(28)30-24-36-38(26-34(30)45)44(11,12)20-18-42(36,7)8/h21-26,39H,13-20H2,1-12H3. The maximum atomic E-state index is 4.70. The Morgan fingerprint density at radius 3 is 1.39 bits per heavy atom. The quantitative estimate of drug-likeness (QED) is 0.236. The summed E-state index contributed by atoms with van der Waals surface area (Å²) >= 11 is 4.70. The molecule has 3 aromatic rings. The fraction of sp³-hybridized carbons (Fsp3) is 0.600. The van der Waals surface area contributed by atoms with Crippen LogP contribution in [0.5, 0.6) is 0 Å². The third-order valence-electron chi connectivity index (χ3n) is 13.6. The van der Waals surface area contributed by atoms with Gasteiger partial charge in [-0.25, -0.2) is 0 Å². The molecule has 0 aliphatic heterocycles. The summed E-state index contributed by atoms with van der Waals surface area (Å²) in [5.74, 6) is 0.267. The molecule has 2 bridgehead atoms. The summed E-state index contributed by atoms with van der Waals surface area (Å²) in [6.07, 6.45) is 9.81. The summed E-state index contributed by atoms with van der Waals surface area (Å²) in [6.45, 7) is 29.6. The zero-order chi connectivity index (χ0) is 33.4. The van der Waals surface area contributed by atoms with Gasteiger partial charge in [-0.15, -0.1) is 0 Å². The molecule has 0 saturated heterocycles. The highest BCUT2D eigenvalue weighted by atomic mass is 79.9. The van der Waals surface area contributed by atoms with Gasteiger partial charge in [0.25, 0.3) is 0 Å². The van der Waals surface area contributed by atoms with Gasteiger partial charge in [0.15, 0.2) is 0 Å². The minimum atomic E-state index is -0.350. The molecule has 0 aromatic heterocycles. The molecule has 5 aliphatic carbocycles. The van der Waals surface area contributed by atoms with E-state index in [-0.39, 0.29) is 37.3 Å². The molecule has 0 unspecified atom stereocenters. The van der Waals surface area contributed by atoms with Crippen molar-refractivity contribution in [2.24, 2.45) is 0 Å². The summed E-state index contributed by atoms with van der Waals surface area (Å²) in [6, 6.07) is 16.1. The summed E-state index contributed by atoms with van der Waals surface area (Å²) in [5.41, 5.74) is 19.5. The second-order valence-electron chi connectivity index (χ2n) is 19.0. The van der Waals surface area contributed by atoms with Gasteiger partial charge in [-0.3, -0.25) is 0 Å². The van der Waals surface area contributed by atoms with Gasteiger partial charge in [0.05, 0.1) is 0 Å². The molecule has 0 fully saturated rings. The Bertz CT molecular complexity index is 1670. The lowest BCUT2D eigenvalue weighted by molar-refractivity contribution is 0.329. The molecule has 0 nitrogen and oxygen atoms in total. The first-order valence-electron chi connectivity index (χ1n) is 18.6. The van der Waals surface area contributed by atoms with Crippen molar-refractivity contribution in [2.45, 2.75) is 172 Å². The van der Waals surface area contributed by atoms with Crippen LogP contribution in [0.4, 0.5) is 0 Å². The summed E-state index contributed by atoms with van der Waals surface area (Å²) in [4.78, 5) is 0. The molecule has 1 heteroatoms. The lowest BCUT2D eigenvalue weighted by Crippen LogP contribution is -2.42. The molecule has 0 heterocycles. The van der Waals surface area contributed by atoms with Crippen LogP contribution in [0.3, 0.4) is 0 Å². The van der Waals surface area contributed by atoms with E-state index in [4.69, 9.17) is 15.9 Å². The van der Waals surface area contributed by atoms with Crippen LogP contribution in [0.1, 0.15) is 201 Å². The molecular formula is C45H59Br. The van der Waals surface area contributed by atoms with Crippen LogP contribution >= 0.6 is 15.9 Å². The summed E-state index contributed by atoms with van der Waals surface area (Å²) < 4.78 is -0.350. The smallest absolute Gasteiger partial charge is 0.0695 e. The normalized spacial score (nSPS) is 25.6. The van der Waals surface area contributed by atoms with Gasteiger partial charge in [0.2, 0.25) is 0 Å². The van der Waals surface area contributed by atoms with Crippen LogP contribution in [-0.2, 0) is 37.8 Å². The van der Waals surface area contributed by atoms with Gasteiger partial charge in [-0.05, 0) is 132 Å². The first-order valence-corrected chi connectivity index (χ1v) is 19.3. The number of hydrogen-bond acceptors (Lipinski definition) is 0. The number of rotatable bonds is 5. The topological polar surface area (TPSA) is 0 Å². The second kappa shape index (κ2) is 10.1. The van der Waals surface area contributed by atoms with E-state index in [0.717, 1.165) is 6.42 Å². The van der Waals surface area contributed by atoms with Crippen molar-refractivity contribution in [3.8, 4) is 0 Å². The SMILES string of the molecule is CCCCC(C)(C)c1cc2c(cc1CC)C1(Br)c3cc4c(cc3C2c2cc3c(cc21)C(C)(C)CCC3(C)C)C(C)(C)CCC4(C)C. The Hall–Kier alpha value is -1.86. The molecule has 0 atom stereocenters. The number of benzene rings is 3. The monoisotopic (exact) mass is 678 g/mol. The molecule has 0 N–H and O–H groups in total. The molecule has 246 valence electrons. The van der Waals surface area contributed by atoms with Gasteiger partial charge in [0.1, 0.15) is 4.32 Å². The molecule has 0 saturated carbocycles. The van der Waals surface area contributed by atoms with Crippen molar-refractivity contribution in [3.05, 3.63) is 103 Å². The van der Waals surface area contributed by atoms with E-state index in [2.05, 4.69) is 119 Å². The van der Waals surface area contributed by atoms with Crippen molar-refractivity contribution < 1.29 is 0 Å². The van der Waals surface area contributed by atoms with Gasteiger partial charge in [-0.2, -0.15) is 0 Å². The average molecular weight is 680 g/mol. The van der Waals surface area contributed by atoms with Crippen molar-refractivity contribution in [2.75, 3.05) is 0 Å². The zero-order valence-electron chi connectivity index (χ0n) is 31.1. The van der Waals surface area contributed by atoms with E-state index in [9.17, 15) is 0 Å². The first kappa shape index (κ1) is 32.7. The molecule has 3 aromatic carbocycles. The Morgan fingerprint density at radius 2 is 0.978 bits per heavy atom. The fourth-order valence-corrected chi connectivity index (χ4v) is 11.2. The number of halogens is 1. The van der Waals surface area contributed by atoms with E-state index in [1.165, 1.54) is 67.2 Å². The third kappa shape index (κ3) is 4.41. The number of unbranched alkanes of at least 4 members (excludes halogenated alkanes) is 1. The van der Waals surface area contributed by atoms with Crippen molar-refractivity contribution >= 4 is 15.9 Å². The Morgan fingerprint density at radius 1 is 0.587 bits per heavy atom. The molecule has 0 amide bonds. The summed E-state index contributed by atoms with van der Waals surface area (Å²) in [7, 11) is 0. The molecular weight excluding hydrogens is 620 g/mol. The van der Waals surface area contributed by atoms with Crippen LogP contribution in [0, 0.1) is 0 Å². The van der Waals surface area contributed by atoms with Gasteiger partial charge < -0.3 is 0 Å². The van der Waals surface area contributed by atoms with Gasteiger partial charge in [-0.1, -0.05) is 148 Å². The highest BCUT2D eigenvalue weighted by Gasteiger charge is 2.54. The lowest BCUT2D eigenvalue weighted by atomic mass is 9.54. The van der Waals surface area contributed by atoms with E-state index < -0.39 is 0 Å². The average Bonchev–Trinajstić information content (AvgIpc) is 2.99. The van der Waals surface area contributed by atoms with Crippen LogP contribution in [-0.4, -0.2) is 0 Å². The fourth-order valence-electron chi connectivity index (χ4n) is 10.1. The van der Waals surface area contributed by atoms with E-state index in [1.54, 1.807) is 44.5 Å². The number of aryl methyl sites for hydroxylation is 1. The van der Waals surface area contributed by atoms with Gasteiger partial charge in [0, 0.05) is 5.92 Å². The van der Waals surface area contributed by atoms with Crippen LogP contribution in [0.25, 0.3) is 0 Å². The zero-order valence-corrected chi connectivity index (χ0v) is 32.7. The third-order valence-corrected chi connectivity index (χ3v) is 14.9. The lowest BCUT2D eigenvalue weighted by Gasteiger charge is -2.52. The van der Waals surface area contributed by atoms with E-state index >= 15 is 0 Å². The number of hydrogen-bond donors (Lipinski definition) is 0. The Labute approximate surface area is 289 Å². The van der Waals surface area contributed by atoms with E-state index in [1.807, 2.05) is 0 Å². The highest BCUT2D eigenvalue weighted by molar-refractivity contribution is 9.10. The predicted molar refractivity (Wildman–Crippen MR) is 202 cm³/mol. The van der Waals surface area contributed by atoms with Crippen LogP contribution in [0.2, 0.25) is 0 Å². The maximum Gasteiger partial charge on any atom is 0.101 e. The predicted octanol–water partition coefficient (Wildman–Crippen LogP) is 12.9. The summed E-state index contributed by atoms with van der Waals surface area (Å²) in [5, 5.41) is 0. The van der Waals surface area contributed by atoms with Crippen molar-refractivity contribution in [1.29, 1.82) is 0 Å². The molecule has 0 spiro atoms. The minimum absolute atomic E-state index is 0.155. The molecule has 5 aliphatic rings. The Balaban J connectivity index is 1.58. The second-order valence-corrected chi connectivity index (χ2v) is 20.2. The first-order chi connectivity index (χ1) is 21.3. The van der Waals surface area contributed by atoms with Crippen LogP contribution in [0.15, 0.2) is 36.4 Å². The number of alkyl halides is 1. The minimum Gasteiger partial charge on any atom is -0.0695 e. The largest absolute Gasteiger partial charge is 0.101 e. The number of fused-ring (bicyclic) bond motifs is 2. The highest BCUT2D eigenvalue weighted by Crippen LogP contribution is 2.65. The van der Waals surface area contributed by atoms with E-state index in [0.29, 0.717) is 0 Å². The van der Waals surface area contributed by atoms with Gasteiger partial charge >= 0.3 is 0 Å². The Kier molecular flexibility index (Phi) is 7.17. The van der Waals surface area contributed by atoms with Crippen molar-refractivity contribution in [1.82, 2.24) is 0 Å². The molecule has 46 heavy (non-hydrogen) atoms. The van der Waals surface area contributed by atoms with Crippen molar-refractivity contribution in [3.63, 3.8) is 0 Å². The maximum absolute atomic E-state index is 4.70.